The third-order valence-electron chi connectivity index (χ3n) is 1.84. The number of hydrogen-bond acceptors (Lipinski definition) is 2. The molecule has 0 amide bonds. The molecule has 0 unspecified atom stereocenters. The molecule has 0 aromatic carbocycles. The Hall–Kier alpha value is -0.790. The average molecular weight is 140 g/mol. The van der Waals surface area contributed by atoms with E-state index in [1.807, 2.05) is 6.92 Å². The van der Waals surface area contributed by atoms with Crippen molar-refractivity contribution >= 4 is 5.97 Å². The van der Waals surface area contributed by atoms with Gasteiger partial charge in [-0.2, -0.15) is 0 Å². The van der Waals surface area contributed by atoms with Crippen LogP contribution in [0.5, 0.6) is 0 Å². The topological polar surface area (TPSA) is 26.3 Å². The molecule has 1 saturated heterocycles. The van der Waals surface area contributed by atoms with Gasteiger partial charge >= 0.3 is 5.97 Å². The molecule has 0 aromatic rings. The Morgan fingerprint density at radius 3 is 2.90 bits per heavy atom. The van der Waals surface area contributed by atoms with E-state index in [0.29, 0.717) is 0 Å². The molecule has 1 fully saturated rings. The fraction of sp³-hybridized carbons (Fsp3) is 0.625. The Kier molecular flexibility index (Phi) is 2.10. The summed E-state index contributed by atoms with van der Waals surface area (Å²) >= 11 is 0. The molecule has 2 heteroatoms. The van der Waals surface area contributed by atoms with Gasteiger partial charge in [0.1, 0.15) is 6.10 Å². The molecule has 56 valence electrons. The second-order valence-corrected chi connectivity index (χ2v) is 2.55. The Morgan fingerprint density at radius 1 is 1.90 bits per heavy atom. The molecule has 0 spiro atoms. The summed E-state index contributed by atoms with van der Waals surface area (Å²) in [5.41, 5.74) is 0. The molecule has 1 aliphatic heterocycles. The summed E-state index contributed by atoms with van der Waals surface area (Å²) < 4.78 is 5.00. The first-order valence-electron chi connectivity index (χ1n) is 3.61. The van der Waals surface area contributed by atoms with Gasteiger partial charge in [-0.05, 0) is 6.42 Å². The molecule has 10 heavy (non-hydrogen) atoms. The summed E-state index contributed by atoms with van der Waals surface area (Å²) in [5, 5.41) is 0. The Labute approximate surface area is 60.9 Å². The van der Waals surface area contributed by atoms with E-state index in [9.17, 15) is 4.79 Å². The van der Waals surface area contributed by atoms with Gasteiger partial charge in [0, 0.05) is 6.42 Å². The third-order valence-corrected chi connectivity index (χ3v) is 1.84. The van der Waals surface area contributed by atoms with Gasteiger partial charge < -0.3 is 4.74 Å². The lowest BCUT2D eigenvalue weighted by molar-refractivity contribution is -0.143. The van der Waals surface area contributed by atoms with Gasteiger partial charge in [-0.3, -0.25) is 4.79 Å². The molecule has 0 aromatic heterocycles. The lowest BCUT2D eigenvalue weighted by Gasteiger charge is -2.01. The molecule has 2 nitrogen and oxygen atoms in total. The summed E-state index contributed by atoms with van der Waals surface area (Å²) in [4.78, 5) is 10.9. The monoisotopic (exact) mass is 140 g/mol. The lowest BCUT2D eigenvalue weighted by Crippen LogP contribution is -2.04. The molecule has 0 saturated carbocycles. The number of hydrogen-bond donors (Lipinski definition) is 0. The third kappa shape index (κ3) is 1.20. The van der Waals surface area contributed by atoms with Crippen LogP contribution in [0.2, 0.25) is 0 Å². The molecule has 1 heterocycles. The number of ether oxygens (including phenoxy) is 1. The van der Waals surface area contributed by atoms with Crippen molar-refractivity contribution in [2.75, 3.05) is 0 Å². The van der Waals surface area contributed by atoms with Gasteiger partial charge in [0.15, 0.2) is 0 Å². The van der Waals surface area contributed by atoms with E-state index in [1.165, 1.54) is 0 Å². The number of carbonyl (C=O) groups excluding carboxylic acids is 1. The second-order valence-electron chi connectivity index (χ2n) is 2.55. The van der Waals surface area contributed by atoms with E-state index in [0.717, 1.165) is 12.8 Å². The number of rotatable bonds is 2. The van der Waals surface area contributed by atoms with Crippen molar-refractivity contribution in [3.63, 3.8) is 0 Å². The van der Waals surface area contributed by atoms with Crippen molar-refractivity contribution in [2.45, 2.75) is 25.9 Å². The molecule has 0 aliphatic carbocycles. The normalized spacial score (nSPS) is 31.9. The van der Waals surface area contributed by atoms with E-state index in [-0.39, 0.29) is 18.0 Å². The van der Waals surface area contributed by atoms with Crippen molar-refractivity contribution in [3.05, 3.63) is 12.7 Å². The molecule has 1 aliphatic rings. The van der Waals surface area contributed by atoms with Gasteiger partial charge in [0.2, 0.25) is 0 Å². The maximum atomic E-state index is 10.9. The van der Waals surface area contributed by atoms with Crippen LogP contribution in [0.15, 0.2) is 12.7 Å². The van der Waals surface area contributed by atoms with Crippen LogP contribution in [-0.4, -0.2) is 12.1 Å². The first-order chi connectivity index (χ1) is 4.77. The van der Waals surface area contributed by atoms with Crippen LogP contribution < -0.4 is 0 Å². The van der Waals surface area contributed by atoms with Crippen molar-refractivity contribution in [3.8, 4) is 0 Å². The largest absolute Gasteiger partial charge is 0.462 e. The maximum absolute atomic E-state index is 10.9. The second kappa shape index (κ2) is 2.86. The van der Waals surface area contributed by atoms with Crippen LogP contribution in [0, 0.1) is 5.92 Å². The molecule has 2 atom stereocenters. The zero-order valence-electron chi connectivity index (χ0n) is 6.17. The number of carbonyl (C=O) groups is 1. The zero-order valence-corrected chi connectivity index (χ0v) is 6.17. The molecular weight excluding hydrogens is 128 g/mol. The van der Waals surface area contributed by atoms with Gasteiger partial charge in [0.25, 0.3) is 0 Å². The van der Waals surface area contributed by atoms with Crippen molar-refractivity contribution in [1.82, 2.24) is 0 Å². The van der Waals surface area contributed by atoms with Gasteiger partial charge in [-0.15, -0.1) is 6.58 Å². The SMILES string of the molecule is C=C[C@H]1C[C@@H](CC)OC1=O. The van der Waals surface area contributed by atoms with Gasteiger partial charge in [-0.25, -0.2) is 0 Å². The van der Waals surface area contributed by atoms with E-state index >= 15 is 0 Å². The fourth-order valence-electron chi connectivity index (χ4n) is 1.12. The Morgan fingerprint density at radius 2 is 2.60 bits per heavy atom. The standard InChI is InChI=1S/C8H12O2/c1-3-6-5-7(4-2)10-8(6)9/h3,6-7H,1,4-5H2,2H3/t6-,7+/m0/s1. The van der Waals surface area contributed by atoms with E-state index in [4.69, 9.17) is 4.74 Å². The first-order valence-corrected chi connectivity index (χ1v) is 3.61. The molecular formula is C8H12O2. The van der Waals surface area contributed by atoms with Crippen molar-refractivity contribution in [1.29, 1.82) is 0 Å². The van der Waals surface area contributed by atoms with Crippen LogP contribution in [-0.2, 0) is 9.53 Å². The van der Waals surface area contributed by atoms with E-state index in [2.05, 4.69) is 6.58 Å². The zero-order chi connectivity index (χ0) is 7.56. The highest BCUT2D eigenvalue weighted by Crippen LogP contribution is 2.23. The Bertz CT molecular complexity index is 151. The summed E-state index contributed by atoms with van der Waals surface area (Å²) in [5.74, 6) is -0.160. The lowest BCUT2D eigenvalue weighted by atomic mass is 10.0. The first kappa shape index (κ1) is 7.32. The summed E-state index contributed by atoms with van der Waals surface area (Å²) in [7, 11) is 0. The van der Waals surface area contributed by atoms with Crippen LogP contribution in [0.4, 0.5) is 0 Å². The molecule has 0 bridgehead atoms. The minimum atomic E-state index is -0.109. The van der Waals surface area contributed by atoms with Crippen LogP contribution in [0.3, 0.4) is 0 Å². The van der Waals surface area contributed by atoms with Crippen molar-refractivity contribution < 1.29 is 9.53 Å². The minimum absolute atomic E-state index is 0.0510. The highest BCUT2D eigenvalue weighted by Gasteiger charge is 2.30. The average Bonchev–Trinajstić information content (AvgIpc) is 2.30. The highest BCUT2D eigenvalue weighted by molar-refractivity contribution is 5.76. The molecule has 0 radical (unpaired) electrons. The van der Waals surface area contributed by atoms with Crippen LogP contribution in [0.1, 0.15) is 19.8 Å². The minimum Gasteiger partial charge on any atom is -0.462 e. The summed E-state index contributed by atoms with van der Waals surface area (Å²) in [6, 6.07) is 0. The van der Waals surface area contributed by atoms with Gasteiger partial charge in [0.05, 0.1) is 5.92 Å². The highest BCUT2D eigenvalue weighted by atomic mass is 16.5. The van der Waals surface area contributed by atoms with E-state index in [1.54, 1.807) is 6.08 Å². The molecule has 1 rings (SSSR count). The predicted molar refractivity (Wildman–Crippen MR) is 38.5 cm³/mol. The van der Waals surface area contributed by atoms with Crippen molar-refractivity contribution in [2.24, 2.45) is 5.92 Å². The summed E-state index contributed by atoms with van der Waals surface area (Å²) in [6.07, 6.45) is 3.53. The quantitative estimate of drug-likeness (QED) is 0.429. The van der Waals surface area contributed by atoms with Crippen LogP contribution >= 0.6 is 0 Å². The fourth-order valence-corrected chi connectivity index (χ4v) is 1.12. The summed E-state index contributed by atoms with van der Waals surface area (Å²) in [6.45, 7) is 5.58. The Balaban J connectivity index is 2.52. The van der Waals surface area contributed by atoms with E-state index < -0.39 is 0 Å². The number of esters is 1. The predicted octanol–water partition coefficient (Wildman–Crippen LogP) is 1.51. The number of cyclic esters (lactones) is 1. The molecule has 0 N–H and O–H groups in total. The van der Waals surface area contributed by atoms with Crippen LogP contribution in [0.25, 0.3) is 0 Å². The maximum Gasteiger partial charge on any atom is 0.313 e. The smallest absolute Gasteiger partial charge is 0.313 e. The van der Waals surface area contributed by atoms with Gasteiger partial charge in [-0.1, -0.05) is 13.0 Å².